The van der Waals surface area contributed by atoms with Gasteiger partial charge in [0.05, 0.1) is 0 Å². The highest BCUT2D eigenvalue weighted by molar-refractivity contribution is 6.31. The molecular weight excluding hydrogens is 274 g/mol. The largest absolute Gasteiger partial charge is 0.478 e. The Morgan fingerprint density at radius 2 is 2.05 bits per heavy atom. The van der Waals surface area contributed by atoms with Crippen molar-refractivity contribution < 1.29 is 9.90 Å². The monoisotopic (exact) mass is 295 g/mol. The molecule has 0 saturated carbocycles. The zero-order valence-electron chi connectivity index (χ0n) is 12.4. The molecule has 1 atom stereocenters. The van der Waals surface area contributed by atoms with Crippen LogP contribution in [-0.4, -0.2) is 24.2 Å². The number of hydrogen-bond acceptors (Lipinski definition) is 2. The van der Waals surface area contributed by atoms with E-state index in [0.717, 1.165) is 23.7 Å². The van der Waals surface area contributed by atoms with Gasteiger partial charge >= 0.3 is 5.97 Å². The molecule has 0 saturated heterocycles. The predicted molar refractivity (Wildman–Crippen MR) is 85.4 cm³/mol. The SMILES string of the molecule is CC(C)CC(C)N(C)c1cc(Cl)ccc1/C=C/C(=O)O. The number of hydrogen-bond donors (Lipinski definition) is 1. The number of carboxylic acids is 1. The minimum Gasteiger partial charge on any atom is -0.478 e. The van der Waals surface area contributed by atoms with Gasteiger partial charge in [-0.05, 0) is 43.0 Å². The molecule has 0 heterocycles. The molecular formula is C16H22ClNO2. The van der Waals surface area contributed by atoms with Crippen LogP contribution >= 0.6 is 11.6 Å². The van der Waals surface area contributed by atoms with Crippen LogP contribution in [0, 0.1) is 5.92 Å². The minimum atomic E-state index is -0.955. The average molecular weight is 296 g/mol. The first-order valence-electron chi connectivity index (χ1n) is 6.74. The summed E-state index contributed by atoms with van der Waals surface area (Å²) < 4.78 is 0. The molecule has 1 unspecified atom stereocenters. The lowest BCUT2D eigenvalue weighted by molar-refractivity contribution is -0.131. The molecule has 1 N–H and O–H groups in total. The number of carbonyl (C=O) groups is 1. The maximum atomic E-state index is 10.7. The Morgan fingerprint density at radius 3 is 2.60 bits per heavy atom. The van der Waals surface area contributed by atoms with Gasteiger partial charge in [-0.25, -0.2) is 4.79 Å². The molecule has 1 aromatic rings. The number of anilines is 1. The second-order valence-electron chi connectivity index (χ2n) is 5.46. The molecule has 0 radical (unpaired) electrons. The maximum Gasteiger partial charge on any atom is 0.328 e. The molecule has 1 rings (SSSR count). The highest BCUT2D eigenvalue weighted by Gasteiger charge is 2.14. The summed E-state index contributed by atoms with van der Waals surface area (Å²) in [6.45, 7) is 6.53. The third kappa shape index (κ3) is 4.89. The van der Waals surface area contributed by atoms with E-state index in [2.05, 4.69) is 25.7 Å². The Balaban J connectivity index is 3.07. The van der Waals surface area contributed by atoms with E-state index in [9.17, 15) is 4.79 Å². The van der Waals surface area contributed by atoms with Crippen LogP contribution in [0.25, 0.3) is 6.08 Å². The van der Waals surface area contributed by atoms with Gasteiger partial charge in [0.2, 0.25) is 0 Å². The highest BCUT2D eigenvalue weighted by atomic mass is 35.5. The van der Waals surface area contributed by atoms with E-state index < -0.39 is 5.97 Å². The van der Waals surface area contributed by atoms with Crippen LogP contribution in [0.3, 0.4) is 0 Å². The molecule has 0 aliphatic heterocycles. The van der Waals surface area contributed by atoms with Crippen LogP contribution < -0.4 is 4.90 Å². The number of nitrogens with zero attached hydrogens (tertiary/aromatic N) is 1. The van der Waals surface area contributed by atoms with Crippen molar-refractivity contribution in [2.75, 3.05) is 11.9 Å². The number of halogens is 1. The molecule has 0 aromatic heterocycles. The van der Waals surface area contributed by atoms with Crippen LogP contribution in [0.5, 0.6) is 0 Å². The van der Waals surface area contributed by atoms with E-state index >= 15 is 0 Å². The highest BCUT2D eigenvalue weighted by Crippen LogP contribution is 2.28. The lowest BCUT2D eigenvalue weighted by Crippen LogP contribution is -2.30. The third-order valence-corrected chi connectivity index (χ3v) is 3.49. The third-order valence-electron chi connectivity index (χ3n) is 3.25. The topological polar surface area (TPSA) is 40.5 Å². The number of aliphatic carboxylic acids is 1. The normalized spacial score (nSPS) is 12.9. The molecule has 4 heteroatoms. The van der Waals surface area contributed by atoms with Crippen LogP contribution in [0.2, 0.25) is 5.02 Å². The van der Waals surface area contributed by atoms with Gasteiger partial charge in [-0.15, -0.1) is 0 Å². The van der Waals surface area contributed by atoms with Crippen molar-refractivity contribution in [3.05, 3.63) is 34.9 Å². The molecule has 110 valence electrons. The lowest BCUT2D eigenvalue weighted by Gasteiger charge is -2.30. The van der Waals surface area contributed by atoms with Crippen molar-refractivity contribution in [3.63, 3.8) is 0 Å². The lowest BCUT2D eigenvalue weighted by atomic mass is 10.0. The Kier molecular flexibility index (Phi) is 6.08. The van der Waals surface area contributed by atoms with E-state index in [4.69, 9.17) is 16.7 Å². The fourth-order valence-corrected chi connectivity index (χ4v) is 2.37. The van der Waals surface area contributed by atoms with Crippen molar-refractivity contribution in [2.24, 2.45) is 5.92 Å². The second kappa shape index (κ2) is 7.34. The summed E-state index contributed by atoms with van der Waals surface area (Å²) in [6.07, 6.45) is 3.81. The van der Waals surface area contributed by atoms with Gasteiger partial charge in [0.25, 0.3) is 0 Å². The fourth-order valence-electron chi connectivity index (χ4n) is 2.20. The summed E-state index contributed by atoms with van der Waals surface area (Å²) in [5.74, 6) is -0.353. The average Bonchev–Trinajstić information content (AvgIpc) is 2.35. The number of carboxylic acid groups (broad SMARTS) is 1. The summed E-state index contributed by atoms with van der Waals surface area (Å²) in [7, 11) is 2.01. The first-order valence-corrected chi connectivity index (χ1v) is 7.12. The Morgan fingerprint density at radius 1 is 1.40 bits per heavy atom. The molecule has 0 fully saturated rings. The van der Waals surface area contributed by atoms with Crippen LogP contribution in [-0.2, 0) is 4.79 Å². The van der Waals surface area contributed by atoms with Gasteiger partial charge in [-0.3, -0.25) is 0 Å². The summed E-state index contributed by atoms with van der Waals surface area (Å²) in [6, 6.07) is 5.84. The van der Waals surface area contributed by atoms with Gasteiger partial charge in [0.15, 0.2) is 0 Å². The summed E-state index contributed by atoms with van der Waals surface area (Å²) in [5.41, 5.74) is 1.80. The van der Waals surface area contributed by atoms with Crippen LogP contribution in [0.1, 0.15) is 32.8 Å². The Bertz CT molecular complexity index is 497. The van der Waals surface area contributed by atoms with Crippen LogP contribution in [0.15, 0.2) is 24.3 Å². The maximum absolute atomic E-state index is 10.7. The van der Waals surface area contributed by atoms with Crippen molar-refractivity contribution in [1.29, 1.82) is 0 Å². The van der Waals surface area contributed by atoms with Gasteiger partial charge in [-0.2, -0.15) is 0 Å². The fraction of sp³-hybridized carbons (Fsp3) is 0.438. The van der Waals surface area contributed by atoms with Gasteiger partial charge < -0.3 is 10.0 Å². The quantitative estimate of drug-likeness (QED) is 0.795. The molecule has 0 aliphatic rings. The van der Waals surface area contributed by atoms with Crippen molar-refractivity contribution in [2.45, 2.75) is 33.2 Å². The van der Waals surface area contributed by atoms with Crippen LogP contribution in [0.4, 0.5) is 5.69 Å². The van der Waals surface area contributed by atoms with E-state index in [1.54, 1.807) is 12.1 Å². The molecule has 3 nitrogen and oxygen atoms in total. The minimum absolute atomic E-state index is 0.352. The summed E-state index contributed by atoms with van der Waals surface area (Å²) in [4.78, 5) is 12.8. The molecule has 20 heavy (non-hydrogen) atoms. The molecule has 0 bridgehead atoms. The molecule has 1 aromatic carbocycles. The Hall–Kier alpha value is -1.48. The molecule has 0 spiro atoms. The van der Waals surface area contributed by atoms with Crippen molar-refractivity contribution in [1.82, 2.24) is 0 Å². The summed E-state index contributed by atoms with van der Waals surface area (Å²) in [5, 5.41) is 9.41. The summed E-state index contributed by atoms with van der Waals surface area (Å²) >= 11 is 6.07. The van der Waals surface area contributed by atoms with Gasteiger partial charge in [0, 0.05) is 29.9 Å². The number of rotatable bonds is 6. The predicted octanol–water partition coefficient (Wildman–Crippen LogP) is 4.31. The first-order chi connectivity index (χ1) is 9.31. The van der Waals surface area contributed by atoms with E-state index in [1.807, 2.05) is 19.2 Å². The van der Waals surface area contributed by atoms with Crippen molar-refractivity contribution >= 4 is 29.3 Å². The molecule has 0 aliphatic carbocycles. The van der Waals surface area contributed by atoms with E-state index in [1.165, 1.54) is 0 Å². The first kappa shape index (κ1) is 16.6. The number of benzene rings is 1. The zero-order chi connectivity index (χ0) is 15.3. The zero-order valence-corrected chi connectivity index (χ0v) is 13.2. The standard InChI is InChI=1S/C16H22ClNO2/c1-11(2)9-12(3)18(4)15-10-14(17)7-5-13(15)6-8-16(19)20/h5-8,10-12H,9H2,1-4H3,(H,19,20)/b8-6+. The smallest absolute Gasteiger partial charge is 0.328 e. The second-order valence-corrected chi connectivity index (χ2v) is 5.90. The van der Waals surface area contributed by atoms with E-state index in [0.29, 0.717) is 17.0 Å². The van der Waals surface area contributed by atoms with Crippen molar-refractivity contribution in [3.8, 4) is 0 Å². The van der Waals surface area contributed by atoms with Gasteiger partial charge in [0.1, 0.15) is 0 Å². The van der Waals surface area contributed by atoms with E-state index in [-0.39, 0.29) is 0 Å². The van der Waals surface area contributed by atoms with Gasteiger partial charge in [-0.1, -0.05) is 31.5 Å². The Labute approximate surface area is 125 Å². The molecule has 0 amide bonds.